The van der Waals surface area contributed by atoms with Crippen LogP contribution in [-0.2, 0) is 19.2 Å². The monoisotopic (exact) mass is 774 g/mol. The highest BCUT2D eigenvalue weighted by atomic mass is 16.2. The Hall–Kier alpha value is -4.84. The van der Waals surface area contributed by atoms with Gasteiger partial charge in [-0.05, 0) is 39.8 Å². The summed E-state index contributed by atoms with van der Waals surface area (Å²) in [6, 6.07) is 13.8. The van der Waals surface area contributed by atoms with E-state index in [1.54, 1.807) is 0 Å². The summed E-state index contributed by atoms with van der Waals surface area (Å²) in [5, 5.41) is 0. The molecule has 22 N–H and O–H groups in total. The van der Waals surface area contributed by atoms with E-state index >= 15 is 0 Å². The van der Waals surface area contributed by atoms with E-state index in [0.717, 1.165) is 0 Å². The predicted molar refractivity (Wildman–Crippen MR) is 207 cm³/mol. The number of rotatable bonds is 14. The molecule has 0 spiro atoms. The zero-order valence-electron chi connectivity index (χ0n) is 31.7. The van der Waals surface area contributed by atoms with Gasteiger partial charge in [0.1, 0.15) is 29.8 Å². The molecule has 1 unspecified atom stereocenters. The summed E-state index contributed by atoms with van der Waals surface area (Å²) in [6.07, 6.45) is -4.15. The van der Waals surface area contributed by atoms with Crippen molar-refractivity contribution < 1.29 is 38.4 Å². The third-order valence-electron chi connectivity index (χ3n) is 6.57. The van der Waals surface area contributed by atoms with Gasteiger partial charge in [0.2, 0.25) is 0 Å². The number of imide groups is 1. The van der Waals surface area contributed by atoms with Crippen LogP contribution in [0.15, 0.2) is 48.5 Å². The van der Waals surface area contributed by atoms with Crippen LogP contribution in [-0.4, -0.2) is 88.4 Å². The van der Waals surface area contributed by atoms with Crippen LogP contribution in [0.2, 0.25) is 0 Å². The predicted octanol–water partition coefficient (Wildman–Crippen LogP) is -2.90. The van der Waals surface area contributed by atoms with E-state index in [9.17, 15) is 38.4 Å². The van der Waals surface area contributed by atoms with Crippen molar-refractivity contribution >= 4 is 46.5 Å². The van der Waals surface area contributed by atoms with Crippen molar-refractivity contribution in [3.63, 3.8) is 0 Å². The van der Waals surface area contributed by atoms with Crippen molar-refractivity contribution in [2.24, 2.45) is 63.1 Å². The lowest BCUT2D eigenvalue weighted by atomic mass is 9.90. The number of Topliss-reactive ketones (excluding diaryl/α,β-unsaturated/α-hetero) is 6. The van der Waals surface area contributed by atoms with Crippen LogP contribution in [0.4, 0.5) is 0 Å². The fraction of sp³-hybridized carbons (Fsp3) is 0.429. The molecule has 1 aliphatic rings. The molecule has 2 amide bonds. The first-order valence-corrected chi connectivity index (χ1v) is 16.8. The van der Waals surface area contributed by atoms with Crippen molar-refractivity contribution in [2.75, 3.05) is 0 Å². The van der Waals surface area contributed by atoms with Crippen LogP contribution in [0.3, 0.4) is 0 Å². The van der Waals surface area contributed by atoms with Crippen molar-refractivity contribution in [1.82, 2.24) is 4.90 Å². The Bertz CT molecular complexity index is 1550. The number of hydrogen-bond donors (Lipinski definition) is 11. The molecule has 306 valence electrons. The Kier molecular flexibility index (Phi) is 25.5. The number of benzene rings is 2. The lowest BCUT2D eigenvalue weighted by Crippen LogP contribution is -2.51. The SMILES string of the molecule is CC(=O)C(N)N.CC(=O)CC(N)CC(=O)c1ccc(C(=O)CC(N)N)c2c1C(=O)N(C(N)N)C2=O.CC(=O)CC(N)N.CC(=O)CC(N)N.c1ccccc1. The van der Waals surface area contributed by atoms with Gasteiger partial charge in [-0.1, -0.05) is 36.4 Å². The van der Waals surface area contributed by atoms with E-state index in [2.05, 4.69) is 0 Å². The van der Waals surface area contributed by atoms with E-state index in [0.29, 0.717) is 4.90 Å². The van der Waals surface area contributed by atoms with Gasteiger partial charge < -0.3 is 51.6 Å². The second-order valence-corrected chi connectivity index (χ2v) is 12.4. The summed E-state index contributed by atoms with van der Waals surface area (Å²) >= 11 is 0. The van der Waals surface area contributed by atoms with E-state index in [1.807, 2.05) is 36.4 Å². The van der Waals surface area contributed by atoms with Gasteiger partial charge >= 0.3 is 0 Å². The quantitative estimate of drug-likeness (QED) is 0.0521. The highest BCUT2D eigenvalue weighted by molar-refractivity contribution is 6.28. The Morgan fingerprint density at radius 3 is 1.00 bits per heavy atom. The van der Waals surface area contributed by atoms with Gasteiger partial charge in [0.25, 0.3) is 11.8 Å². The lowest BCUT2D eigenvalue weighted by molar-refractivity contribution is -0.118. The van der Waals surface area contributed by atoms with Crippen LogP contribution >= 0.6 is 0 Å². The smallest absolute Gasteiger partial charge is 0.264 e. The molecule has 2 aromatic carbocycles. The molecule has 0 saturated heterocycles. The summed E-state index contributed by atoms with van der Waals surface area (Å²) in [6.45, 7) is 5.62. The summed E-state index contributed by atoms with van der Waals surface area (Å²) < 4.78 is 0. The van der Waals surface area contributed by atoms with Crippen LogP contribution in [0.1, 0.15) is 101 Å². The van der Waals surface area contributed by atoms with Crippen molar-refractivity contribution in [3.05, 3.63) is 70.8 Å². The fourth-order valence-corrected chi connectivity index (χ4v) is 4.28. The van der Waals surface area contributed by atoms with E-state index in [1.165, 1.54) is 39.8 Å². The fourth-order valence-electron chi connectivity index (χ4n) is 4.28. The average Bonchev–Trinajstić information content (AvgIpc) is 3.30. The molecule has 0 aromatic heterocycles. The van der Waals surface area contributed by atoms with Gasteiger partial charge in [-0.3, -0.25) is 49.8 Å². The maximum absolute atomic E-state index is 12.8. The third kappa shape index (κ3) is 22.2. The van der Waals surface area contributed by atoms with E-state index < -0.39 is 60.4 Å². The molecule has 1 heterocycles. The minimum absolute atomic E-state index is 0.0223. The standard InChI is InChI=1S/C18H24N6O5.C6H6.2C4H10N2O.C3H8N2O/c1-7(25)4-8(19)5-11(26)9-2-3-10(12(27)6-13(20)21)15-14(9)16(28)24(17(15)29)18(22)23;1-2-4-6-5-3-1;2*1-3(7)2-4(5)6;1-2(6)3(4)5/h2-3,8,13,18H,4-6,19-23H2,1H3;1-6H;2*4H,2,5-6H2,1H3;3H,4-5H2,1H3. The number of amides is 2. The number of fused-ring (bicyclic) bond motifs is 1. The van der Waals surface area contributed by atoms with Crippen LogP contribution in [0, 0.1) is 0 Å². The average molecular weight is 775 g/mol. The lowest BCUT2D eigenvalue weighted by Gasteiger charge is -2.17. The van der Waals surface area contributed by atoms with Crippen LogP contribution < -0.4 is 63.1 Å². The molecular weight excluding hydrogens is 716 g/mol. The minimum Gasteiger partial charge on any atom is -0.327 e. The van der Waals surface area contributed by atoms with Crippen LogP contribution in [0.25, 0.3) is 0 Å². The topological polar surface area (TPSA) is 426 Å². The van der Waals surface area contributed by atoms with Crippen molar-refractivity contribution in [2.45, 2.75) is 96.8 Å². The van der Waals surface area contributed by atoms with Gasteiger partial charge in [0.15, 0.2) is 17.3 Å². The van der Waals surface area contributed by atoms with Gasteiger partial charge in [-0.2, -0.15) is 0 Å². The normalized spacial score (nSPS) is 12.0. The first kappa shape index (κ1) is 52.3. The number of hydrogen-bond acceptors (Lipinski definition) is 19. The Morgan fingerprint density at radius 2 is 0.782 bits per heavy atom. The summed E-state index contributed by atoms with van der Waals surface area (Å²) in [4.78, 5) is 92.6. The summed E-state index contributed by atoms with van der Waals surface area (Å²) in [7, 11) is 0. The molecule has 0 fully saturated rings. The maximum Gasteiger partial charge on any atom is 0.264 e. The second kappa shape index (κ2) is 26.9. The molecule has 1 aliphatic heterocycles. The van der Waals surface area contributed by atoms with Crippen molar-refractivity contribution in [3.8, 4) is 0 Å². The van der Waals surface area contributed by atoms with Gasteiger partial charge in [-0.25, -0.2) is 4.90 Å². The molecule has 1 atom stereocenters. The molecule has 0 aliphatic carbocycles. The molecule has 3 rings (SSSR count). The molecule has 20 heteroatoms. The number of carbonyl (C=O) groups is 8. The number of nitrogens with zero attached hydrogens (tertiary/aromatic N) is 1. The number of carbonyl (C=O) groups excluding carboxylic acids is 8. The molecule has 0 bridgehead atoms. The van der Waals surface area contributed by atoms with Crippen LogP contribution in [0.5, 0.6) is 0 Å². The number of ketones is 6. The number of nitrogens with two attached hydrogens (primary N) is 11. The first-order chi connectivity index (χ1) is 25.3. The Labute approximate surface area is 320 Å². The first-order valence-electron chi connectivity index (χ1n) is 16.8. The Morgan fingerprint density at radius 1 is 0.491 bits per heavy atom. The molecule has 0 saturated carbocycles. The van der Waals surface area contributed by atoms with Gasteiger partial charge in [-0.15, -0.1) is 0 Å². The van der Waals surface area contributed by atoms with E-state index in [-0.39, 0.29) is 77.5 Å². The Balaban J connectivity index is 0. The largest absolute Gasteiger partial charge is 0.327 e. The summed E-state index contributed by atoms with van der Waals surface area (Å²) in [5.74, 6) is -3.22. The summed E-state index contributed by atoms with van der Waals surface area (Å²) in [5.41, 5.74) is 56.9. The molecular formula is C35H58N12O8. The minimum atomic E-state index is -1.47. The third-order valence-corrected chi connectivity index (χ3v) is 6.57. The molecule has 2 aromatic rings. The van der Waals surface area contributed by atoms with Gasteiger partial charge in [0.05, 0.1) is 29.6 Å². The molecule has 20 nitrogen and oxygen atoms in total. The highest BCUT2D eigenvalue weighted by Crippen LogP contribution is 2.31. The molecule has 55 heavy (non-hydrogen) atoms. The van der Waals surface area contributed by atoms with Gasteiger partial charge in [0, 0.05) is 49.3 Å². The molecule has 0 radical (unpaired) electrons. The maximum atomic E-state index is 12.8. The zero-order chi connectivity index (χ0) is 43.2. The highest BCUT2D eigenvalue weighted by Gasteiger charge is 2.43. The van der Waals surface area contributed by atoms with E-state index in [4.69, 9.17) is 63.1 Å². The van der Waals surface area contributed by atoms with Crippen molar-refractivity contribution in [1.29, 1.82) is 0 Å². The zero-order valence-corrected chi connectivity index (χ0v) is 31.7. The second-order valence-electron chi connectivity index (χ2n) is 12.4.